The molecule has 0 unspecified atom stereocenters. The van der Waals surface area contributed by atoms with Gasteiger partial charge in [-0.15, -0.1) is 0 Å². The number of nitrogens with one attached hydrogen (secondary N) is 3. The average Bonchev–Trinajstić information content (AvgIpc) is 2.62. The minimum absolute atomic E-state index is 0.0870. The Morgan fingerprint density at radius 1 is 1.39 bits per heavy atom. The van der Waals surface area contributed by atoms with Gasteiger partial charge in [0.05, 0.1) is 0 Å². The van der Waals surface area contributed by atoms with Crippen molar-refractivity contribution in [3.8, 4) is 0 Å². The Kier molecular flexibility index (Phi) is 3.51. The number of hydrogen-bond acceptors (Lipinski definition) is 4. The Bertz CT molecular complexity index is 374. The standard InChI is InChI=1S/C11H18N4O3/c1-12-5-2-8(16)15-6-3-11(4-7-15)9(17)13-10(18)14-11/h12H,2-7H2,1H3,(H2,13,14,17,18). The van der Waals surface area contributed by atoms with Crippen LogP contribution in [0.15, 0.2) is 0 Å². The van der Waals surface area contributed by atoms with Gasteiger partial charge in [0.25, 0.3) is 5.91 Å². The van der Waals surface area contributed by atoms with E-state index in [1.807, 2.05) is 0 Å². The lowest BCUT2D eigenvalue weighted by Crippen LogP contribution is -2.55. The maximum absolute atomic E-state index is 11.8. The fraction of sp³-hybridized carbons (Fsp3) is 0.727. The molecule has 4 amide bonds. The predicted octanol–water partition coefficient (Wildman–Crippen LogP) is -1.20. The number of carbonyl (C=O) groups is 3. The molecule has 2 aliphatic rings. The van der Waals surface area contributed by atoms with Crippen LogP contribution in [0, 0.1) is 0 Å². The van der Waals surface area contributed by atoms with E-state index in [0.29, 0.717) is 38.9 Å². The number of urea groups is 1. The number of hydrogen-bond donors (Lipinski definition) is 3. The molecule has 0 aromatic rings. The Morgan fingerprint density at radius 2 is 2.06 bits per heavy atom. The third kappa shape index (κ3) is 2.31. The molecular weight excluding hydrogens is 236 g/mol. The van der Waals surface area contributed by atoms with Crippen molar-refractivity contribution in [3.05, 3.63) is 0 Å². The molecule has 0 aromatic carbocycles. The fourth-order valence-corrected chi connectivity index (χ4v) is 2.41. The molecule has 18 heavy (non-hydrogen) atoms. The predicted molar refractivity (Wildman–Crippen MR) is 63.8 cm³/mol. The highest BCUT2D eigenvalue weighted by Gasteiger charge is 2.48. The van der Waals surface area contributed by atoms with Gasteiger partial charge in [-0.1, -0.05) is 0 Å². The molecule has 0 bridgehead atoms. The van der Waals surface area contributed by atoms with E-state index in [1.54, 1.807) is 11.9 Å². The maximum Gasteiger partial charge on any atom is 0.322 e. The molecule has 7 nitrogen and oxygen atoms in total. The highest BCUT2D eigenvalue weighted by Crippen LogP contribution is 2.25. The quantitative estimate of drug-likeness (QED) is 0.552. The van der Waals surface area contributed by atoms with Crippen molar-refractivity contribution in [1.29, 1.82) is 0 Å². The molecule has 0 radical (unpaired) electrons. The molecule has 0 saturated carbocycles. The first-order chi connectivity index (χ1) is 8.57. The van der Waals surface area contributed by atoms with Crippen LogP contribution in [-0.2, 0) is 9.59 Å². The van der Waals surface area contributed by atoms with E-state index in [0.717, 1.165) is 0 Å². The third-order valence-corrected chi connectivity index (χ3v) is 3.57. The molecule has 2 aliphatic heterocycles. The Morgan fingerprint density at radius 3 is 2.56 bits per heavy atom. The van der Waals surface area contributed by atoms with Crippen molar-refractivity contribution in [1.82, 2.24) is 20.9 Å². The van der Waals surface area contributed by atoms with Gasteiger partial charge >= 0.3 is 6.03 Å². The summed E-state index contributed by atoms with van der Waals surface area (Å²) in [6, 6.07) is -0.435. The molecule has 2 rings (SSSR count). The SMILES string of the molecule is CNCCC(=O)N1CCC2(CC1)NC(=O)NC2=O. The lowest BCUT2D eigenvalue weighted by Gasteiger charge is -2.37. The lowest BCUT2D eigenvalue weighted by atomic mass is 9.87. The summed E-state index contributed by atoms with van der Waals surface area (Å²) in [5.41, 5.74) is -0.795. The van der Waals surface area contributed by atoms with Crippen LogP contribution >= 0.6 is 0 Å². The molecule has 2 fully saturated rings. The van der Waals surface area contributed by atoms with Crippen LogP contribution in [0.1, 0.15) is 19.3 Å². The first-order valence-electron chi connectivity index (χ1n) is 6.13. The van der Waals surface area contributed by atoms with E-state index in [1.165, 1.54) is 0 Å². The summed E-state index contributed by atoms with van der Waals surface area (Å²) >= 11 is 0. The second-order valence-corrected chi connectivity index (χ2v) is 4.72. The molecule has 100 valence electrons. The van der Waals surface area contributed by atoms with Gasteiger partial charge in [-0.25, -0.2) is 4.79 Å². The van der Waals surface area contributed by atoms with Gasteiger partial charge in [0.15, 0.2) is 0 Å². The van der Waals surface area contributed by atoms with E-state index in [-0.39, 0.29) is 11.8 Å². The summed E-state index contributed by atoms with van der Waals surface area (Å²) in [6.07, 6.45) is 1.42. The van der Waals surface area contributed by atoms with Crippen LogP contribution in [0.4, 0.5) is 4.79 Å². The maximum atomic E-state index is 11.8. The average molecular weight is 254 g/mol. The molecule has 2 saturated heterocycles. The largest absolute Gasteiger partial charge is 0.342 e. The van der Waals surface area contributed by atoms with Crippen molar-refractivity contribution in [3.63, 3.8) is 0 Å². The van der Waals surface area contributed by atoms with Crippen molar-refractivity contribution < 1.29 is 14.4 Å². The topological polar surface area (TPSA) is 90.5 Å². The van der Waals surface area contributed by atoms with Crippen molar-refractivity contribution >= 4 is 17.8 Å². The highest BCUT2D eigenvalue weighted by atomic mass is 16.2. The number of piperidine rings is 1. The zero-order valence-electron chi connectivity index (χ0n) is 10.4. The number of imide groups is 1. The van der Waals surface area contributed by atoms with Crippen molar-refractivity contribution in [2.75, 3.05) is 26.7 Å². The van der Waals surface area contributed by atoms with E-state index in [9.17, 15) is 14.4 Å². The van der Waals surface area contributed by atoms with E-state index in [4.69, 9.17) is 0 Å². The summed E-state index contributed by atoms with van der Waals surface area (Å²) in [5.74, 6) is -0.182. The summed E-state index contributed by atoms with van der Waals surface area (Å²) in [6.45, 7) is 1.67. The summed E-state index contributed by atoms with van der Waals surface area (Å²) in [5, 5.41) is 7.86. The van der Waals surface area contributed by atoms with E-state index < -0.39 is 11.6 Å². The summed E-state index contributed by atoms with van der Waals surface area (Å²) in [7, 11) is 1.80. The van der Waals surface area contributed by atoms with Gasteiger partial charge < -0.3 is 15.5 Å². The summed E-state index contributed by atoms with van der Waals surface area (Å²) in [4.78, 5) is 36.4. The lowest BCUT2D eigenvalue weighted by molar-refractivity contribution is -0.135. The van der Waals surface area contributed by atoms with Crippen LogP contribution in [0.5, 0.6) is 0 Å². The van der Waals surface area contributed by atoms with Gasteiger partial charge in [0.1, 0.15) is 5.54 Å². The number of carbonyl (C=O) groups excluding carboxylic acids is 3. The Hall–Kier alpha value is -1.63. The highest BCUT2D eigenvalue weighted by molar-refractivity contribution is 6.07. The molecule has 0 aliphatic carbocycles. The zero-order chi connectivity index (χ0) is 13.2. The van der Waals surface area contributed by atoms with Gasteiger partial charge in [-0.3, -0.25) is 14.9 Å². The van der Waals surface area contributed by atoms with E-state index >= 15 is 0 Å². The first-order valence-corrected chi connectivity index (χ1v) is 6.13. The van der Waals surface area contributed by atoms with Crippen LogP contribution in [0.2, 0.25) is 0 Å². The van der Waals surface area contributed by atoms with Crippen LogP contribution in [0.25, 0.3) is 0 Å². The molecule has 0 aromatic heterocycles. The monoisotopic (exact) mass is 254 g/mol. The van der Waals surface area contributed by atoms with Gasteiger partial charge in [-0.05, 0) is 19.9 Å². The third-order valence-electron chi connectivity index (χ3n) is 3.57. The minimum atomic E-state index is -0.795. The molecular formula is C11H18N4O3. The smallest absolute Gasteiger partial charge is 0.322 e. The first kappa shape index (κ1) is 12.8. The van der Waals surface area contributed by atoms with Crippen molar-refractivity contribution in [2.24, 2.45) is 0 Å². The molecule has 1 spiro atoms. The van der Waals surface area contributed by atoms with Crippen LogP contribution in [0.3, 0.4) is 0 Å². The molecule has 7 heteroatoms. The summed E-state index contributed by atoms with van der Waals surface area (Å²) < 4.78 is 0. The van der Waals surface area contributed by atoms with Crippen LogP contribution < -0.4 is 16.0 Å². The minimum Gasteiger partial charge on any atom is -0.342 e. The second-order valence-electron chi connectivity index (χ2n) is 4.72. The fourth-order valence-electron chi connectivity index (χ4n) is 2.41. The molecule has 2 heterocycles. The number of rotatable bonds is 3. The normalized spacial score (nSPS) is 21.9. The Balaban J connectivity index is 1.90. The van der Waals surface area contributed by atoms with Gasteiger partial charge in [0, 0.05) is 26.1 Å². The number of nitrogens with zero attached hydrogens (tertiary/aromatic N) is 1. The second kappa shape index (κ2) is 4.93. The number of likely N-dealkylation sites (tertiary alicyclic amines) is 1. The van der Waals surface area contributed by atoms with Gasteiger partial charge in [-0.2, -0.15) is 0 Å². The van der Waals surface area contributed by atoms with Crippen LogP contribution in [-0.4, -0.2) is 55.0 Å². The van der Waals surface area contributed by atoms with E-state index in [2.05, 4.69) is 16.0 Å². The number of amides is 4. The molecule has 3 N–H and O–H groups in total. The molecule has 0 atom stereocenters. The van der Waals surface area contributed by atoms with Crippen molar-refractivity contribution in [2.45, 2.75) is 24.8 Å². The Labute approximate surface area is 105 Å². The zero-order valence-corrected chi connectivity index (χ0v) is 10.4. The van der Waals surface area contributed by atoms with Gasteiger partial charge in [0.2, 0.25) is 5.91 Å².